The van der Waals surface area contributed by atoms with Crippen LogP contribution in [-0.2, 0) is 14.8 Å². The molecule has 1 aliphatic heterocycles. The Kier molecular flexibility index (Phi) is 4.24. The molecule has 114 valence electrons. The van der Waals surface area contributed by atoms with Gasteiger partial charge in [0.15, 0.2) is 5.03 Å². The van der Waals surface area contributed by atoms with Gasteiger partial charge in [-0.25, -0.2) is 18.2 Å². The van der Waals surface area contributed by atoms with Crippen molar-refractivity contribution in [2.75, 3.05) is 13.1 Å². The van der Waals surface area contributed by atoms with Crippen LogP contribution in [0.5, 0.6) is 0 Å². The van der Waals surface area contributed by atoms with Crippen LogP contribution in [-0.4, -0.2) is 53.8 Å². The second kappa shape index (κ2) is 5.78. The zero-order chi connectivity index (χ0) is 15.6. The Bertz CT molecular complexity index is 656. The summed E-state index contributed by atoms with van der Waals surface area (Å²) in [5.41, 5.74) is -0.0773. The summed E-state index contributed by atoms with van der Waals surface area (Å²) in [7, 11) is -3.77. The second-order valence-corrected chi connectivity index (χ2v) is 6.62. The van der Waals surface area contributed by atoms with Crippen LogP contribution in [0.2, 0.25) is 0 Å². The van der Waals surface area contributed by atoms with E-state index in [2.05, 4.69) is 10.3 Å². The topological polar surface area (TPSA) is 117 Å². The second-order valence-electron chi connectivity index (χ2n) is 4.74. The molecular weight excluding hydrogens is 298 g/mol. The zero-order valence-corrected chi connectivity index (χ0v) is 12.1. The maximum Gasteiger partial charge on any atom is 0.337 e. The largest absolute Gasteiger partial charge is 0.478 e. The van der Waals surface area contributed by atoms with Crippen LogP contribution in [0.15, 0.2) is 23.4 Å². The highest BCUT2D eigenvalue weighted by atomic mass is 32.2. The molecule has 21 heavy (non-hydrogen) atoms. The molecule has 2 rings (SSSR count). The fraction of sp³-hybridized carbons (Fsp3) is 0.417. The molecular formula is C12H15N3O5S. The highest BCUT2D eigenvalue weighted by molar-refractivity contribution is 7.89. The van der Waals surface area contributed by atoms with Crippen LogP contribution < -0.4 is 5.32 Å². The summed E-state index contributed by atoms with van der Waals surface area (Å²) in [5, 5.41) is 11.2. The molecule has 1 unspecified atom stereocenters. The molecule has 1 saturated heterocycles. The van der Waals surface area contributed by atoms with Crippen molar-refractivity contribution in [3.63, 3.8) is 0 Å². The van der Waals surface area contributed by atoms with Gasteiger partial charge in [-0.05, 0) is 18.6 Å². The van der Waals surface area contributed by atoms with Crippen LogP contribution in [0.4, 0.5) is 0 Å². The van der Waals surface area contributed by atoms with E-state index in [4.69, 9.17) is 5.11 Å². The lowest BCUT2D eigenvalue weighted by Crippen LogP contribution is -2.37. The fourth-order valence-electron chi connectivity index (χ4n) is 2.14. The molecule has 0 saturated carbocycles. The predicted octanol–water partition coefficient (Wildman–Crippen LogP) is -0.321. The van der Waals surface area contributed by atoms with Gasteiger partial charge in [0.05, 0.1) is 5.56 Å². The maximum atomic E-state index is 12.4. The Hall–Kier alpha value is -2.00. The quantitative estimate of drug-likeness (QED) is 0.787. The van der Waals surface area contributed by atoms with Crippen molar-refractivity contribution >= 4 is 21.9 Å². The average molecular weight is 313 g/mol. The molecule has 1 aromatic rings. The van der Waals surface area contributed by atoms with Crippen molar-refractivity contribution in [1.29, 1.82) is 0 Å². The van der Waals surface area contributed by atoms with Gasteiger partial charge in [0, 0.05) is 32.3 Å². The number of sulfonamides is 1. The number of carbonyl (C=O) groups excluding carboxylic acids is 1. The monoisotopic (exact) mass is 313 g/mol. The first kappa shape index (κ1) is 15.4. The molecule has 0 aromatic carbocycles. The molecule has 0 radical (unpaired) electrons. The summed E-state index contributed by atoms with van der Waals surface area (Å²) in [6, 6.07) is 2.16. The molecule has 2 heterocycles. The first-order valence-corrected chi connectivity index (χ1v) is 7.71. The van der Waals surface area contributed by atoms with E-state index in [-0.39, 0.29) is 35.6 Å². The highest BCUT2D eigenvalue weighted by Crippen LogP contribution is 2.19. The van der Waals surface area contributed by atoms with Gasteiger partial charge in [-0.2, -0.15) is 4.31 Å². The van der Waals surface area contributed by atoms with Gasteiger partial charge in [-0.3, -0.25) is 4.79 Å². The molecule has 0 bridgehead atoms. The number of amides is 1. The van der Waals surface area contributed by atoms with E-state index in [0.29, 0.717) is 6.42 Å². The van der Waals surface area contributed by atoms with Gasteiger partial charge in [-0.15, -0.1) is 0 Å². The van der Waals surface area contributed by atoms with Crippen molar-refractivity contribution in [3.8, 4) is 0 Å². The lowest BCUT2D eigenvalue weighted by molar-refractivity contribution is -0.119. The molecule has 1 aliphatic rings. The van der Waals surface area contributed by atoms with E-state index in [0.717, 1.165) is 6.20 Å². The fourth-order valence-corrected chi connectivity index (χ4v) is 3.56. The summed E-state index contributed by atoms with van der Waals surface area (Å²) in [6.07, 6.45) is 1.54. The van der Waals surface area contributed by atoms with Crippen LogP contribution in [0.25, 0.3) is 0 Å². The van der Waals surface area contributed by atoms with Crippen LogP contribution >= 0.6 is 0 Å². The number of hydrogen-bond donors (Lipinski definition) is 2. The van der Waals surface area contributed by atoms with Gasteiger partial charge >= 0.3 is 5.97 Å². The molecule has 0 aliphatic carbocycles. The van der Waals surface area contributed by atoms with Crippen molar-refractivity contribution < 1.29 is 23.1 Å². The SMILES string of the molecule is CC(=O)NC1CCN(S(=O)(=O)c2ccc(C(=O)O)cn2)C1. The van der Waals surface area contributed by atoms with Gasteiger partial charge in [0.25, 0.3) is 10.0 Å². The predicted molar refractivity (Wildman–Crippen MR) is 72.2 cm³/mol. The molecule has 2 N–H and O–H groups in total. The maximum absolute atomic E-state index is 12.4. The van der Waals surface area contributed by atoms with E-state index in [1.54, 1.807) is 0 Å². The van der Waals surface area contributed by atoms with Gasteiger partial charge in [-0.1, -0.05) is 0 Å². The summed E-state index contributed by atoms with van der Waals surface area (Å²) in [5.74, 6) is -1.37. The van der Waals surface area contributed by atoms with Gasteiger partial charge in [0.2, 0.25) is 5.91 Å². The lowest BCUT2D eigenvalue weighted by atomic mass is 10.3. The van der Waals surface area contributed by atoms with E-state index in [1.165, 1.54) is 23.4 Å². The Morgan fingerprint density at radius 1 is 1.43 bits per heavy atom. The highest BCUT2D eigenvalue weighted by Gasteiger charge is 2.33. The van der Waals surface area contributed by atoms with E-state index >= 15 is 0 Å². The third-order valence-electron chi connectivity index (χ3n) is 3.15. The number of carboxylic acids is 1. The average Bonchev–Trinajstić information content (AvgIpc) is 2.87. The van der Waals surface area contributed by atoms with Crippen LogP contribution in [0, 0.1) is 0 Å². The van der Waals surface area contributed by atoms with Crippen molar-refractivity contribution in [1.82, 2.24) is 14.6 Å². The number of rotatable bonds is 4. The minimum Gasteiger partial charge on any atom is -0.478 e. The van der Waals surface area contributed by atoms with Crippen molar-refractivity contribution in [3.05, 3.63) is 23.9 Å². The van der Waals surface area contributed by atoms with Crippen molar-refractivity contribution in [2.24, 2.45) is 0 Å². The molecule has 1 amide bonds. The van der Waals surface area contributed by atoms with Crippen molar-refractivity contribution in [2.45, 2.75) is 24.4 Å². The zero-order valence-electron chi connectivity index (χ0n) is 11.3. The third kappa shape index (κ3) is 3.37. The summed E-state index contributed by atoms with van der Waals surface area (Å²) < 4.78 is 25.9. The number of nitrogens with one attached hydrogen (secondary N) is 1. The molecule has 1 atom stereocenters. The molecule has 1 fully saturated rings. The van der Waals surface area contributed by atoms with E-state index in [1.807, 2.05) is 0 Å². The lowest BCUT2D eigenvalue weighted by Gasteiger charge is -2.16. The number of nitrogens with zero attached hydrogens (tertiary/aromatic N) is 2. The molecule has 0 spiro atoms. The first-order chi connectivity index (χ1) is 9.80. The Balaban J connectivity index is 2.15. The smallest absolute Gasteiger partial charge is 0.337 e. The number of aromatic carboxylic acids is 1. The Morgan fingerprint density at radius 2 is 2.14 bits per heavy atom. The van der Waals surface area contributed by atoms with E-state index < -0.39 is 16.0 Å². The molecule has 9 heteroatoms. The Labute approximate surface area is 121 Å². The summed E-state index contributed by atoms with van der Waals surface area (Å²) in [4.78, 5) is 25.4. The summed E-state index contributed by atoms with van der Waals surface area (Å²) in [6.45, 7) is 1.85. The first-order valence-electron chi connectivity index (χ1n) is 6.27. The normalized spacial score (nSPS) is 19.4. The van der Waals surface area contributed by atoms with E-state index in [9.17, 15) is 18.0 Å². The number of carbonyl (C=O) groups is 2. The minimum atomic E-state index is -3.77. The number of carboxylic acid groups (broad SMARTS) is 1. The number of pyridine rings is 1. The number of aromatic nitrogens is 1. The van der Waals surface area contributed by atoms with Gasteiger partial charge in [0.1, 0.15) is 0 Å². The van der Waals surface area contributed by atoms with Gasteiger partial charge < -0.3 is 10.4 Å². The molecule has 8 nitrogen and oxygen atoms in total. The molecule has 1 aromatic heterocycles. The standard InChI is InChI=1S/C12H15N3O5S/c1-8(16)14-10-4-5-15(7-10)21(19,20)11-3-2-9(6-13-11)12(17)18/h2-3,6,10H,4-5,7H2,1H3,(H,14,16)(H,17,18). The van der Waals surface area contributed by atoms with Crippen LogP contribution in [0.1, 0.15) is 23.7 Å². The Morgan fingerprint density at radius 3 is 2.67 bits per heavy atom. The minimum absolute atomic E-state index is 0.0773. The summed E-state index contributed by atoms with van der Waals surface area (Å²) >= 11 is 0. The third-order valence-corrected chi connectivity index (χ3v) is 4.93. The number of hydrogen-bond acceptors (Lipinski definition) is 5. The van der Waals surface area contributed by atoms with Crippen LogP contribution in [0.3, 0.4) is 0 Å².